The zero-order valence-corrected chi connectivity index (χ0v) is 15.2. The van der Waals surface area contributed by atoms with Crippen molar-refractivity contribution in [1.29, 1.82) is 5.26 Å². The topological polar surface area (TPSA) is 84.2 Å². The van der Waals surface area contributed by atoms with Crippen LogP contribution in [0.4, 0.5) is 0 Å². The predicted molar refractivity (Wildman–Crippen MR) is 104 cm³/mol. The maximum Gasteiger partial charge on any atom is 0.270 e. The van der Waals surface area contributed by atoms with Gasteiger partial charge in [0.25, 0.3) is 5.91 Å². The molecule has 28 heavy (non-hydrogen) atoms. The molecule has 1 aromatic heterocycles. The fraction of sp³-hybridized carbons (Fsp3) is 0.227. The van der Waals surface area contributed by atoms with Crippen molar-refractivity contribution in [3.63, 3.8) is 0 Å². The first-order chi connectivity index (χ1) is 13.7. The molecule has 0 aliphatic carbocycles. The largest absolute Gasteiger partial charge is 0.457 e. The van der Waals surface area contributed by atoms with Gasteiger partial charge in [-0.05, 0) is 61.4 Å². The van der Waals surface area contributed by atoms with E-state index in [1.54, 1.807) is 30.3 Å². The van der Waals surface area contributed by atoms with E-state index in [1.165, 1.54) is 0 Å². The minimum Gasteiger partial charge on any atom is -0.457 e. The first kappa shape index (κ1) is 18.0. The average Bonchev–Trinajstić information content (AvgIpc) is 2.74. The lowest BCUT2D eigenvalue weighted by Gasteiger charge is -2.22. The standard InChI is InChI=1S/C22H19N3O3/c23-13-15-3-6-18(7-4-15)28-19-8-10-20-16(12-19)5-9-21(25-20)22(26)24-17-2-1-11-27-14-17/h3-10,12,17H,1-2,11,14H2,(H,24,26). The van der Waals surface area contributed by atoms with Crippen molar-refractivity contribution >= 4 is 16.8 Å². The molecule has 2 aromatic carbocycles. The lowest BCUT2D eigenvalue weighted by Crippen LogP contribution is -2.40. The number of benzene rings is 2. The average molecular weight is 373 g/mol. The zero-order chi connectivity index (χ0) is 19.3. The summed E-state index contributed by atoms with van der Waals surface area (Å²) >= 11 is 0. The van der Waals surface area contributed by atoms with Crippen molar-refractivity contribution in [2.45, 2.75) is 18.9 Å². The van der Waals surface area contributed by atoms with E-state index in [0.717, 1.165) is 30.4 Å². The summed E-state index contributed by atoms with van der Waals surface area (Å²) in [6.45, 7) is 1.31. The third-order valence-corrected chi connectivity index (χ3v) is 4.61. The number of aromatic nitrogens is 1. The van der Waals surface area contributed by atoms with Gasteiger partial charge >= 0.3 is 0 Å². The Bertz CT molecular complexity index is 1040. The van der Waals surface area contributed by atoms with E-state index < -0.39 is 0 Å². The van der Waals surface area contributed by atoms with Crippen LogP contribution in [0.15, 0.2) is 54.6 Å². The number of rotatable bonds is 4. The summed E-state index contributed by atoms with van der Waals surface area (Å²) in [5, 5.41) is 12.7. The van der Waals surface area contributed by atoms with Crippen LogP contribution >= 0.6 is 0 Å². The number of hydrogen-bond donors (Lipinski definition) is 1. The normalized spacial score (nSPS) is 16.3. The number of nitrogens with one attached hydrogen (secondary N) is 1. The Morgan fingerprint density at radius 2 is 1.96 bits per heavy atom. The second-order valence-electron chi connectivity index (χ2n) is 6.68. The number of pyridine rings is 1. The Morgan fingerprint density at radius 1 is 1.14 bits per heavy atom. The quantitative estimate of drug-likeness (QED) is 0.752. The summed E-state index contributed by atoms with van der Waals surface area (Å²) in [6, 6.07) is 18.1. The van der Waals surface area contributed by atoms with E-state index in [0.29, 0.717) is 29.4 Å². The maximum absolute atomic E-state index is 12.4. The Balaban J connectivity index is 1.48. The molecule has 0 spiro atoms. The molecule has 0 radical (unpaired) electrons. The summed E-state index contributed by atoms with van der Waals surface area (Å²) in [6.07, 6.45) is 1.88. The van der Waals surface area contributed by atoms with Crippen LogP contribution < -0.4 is 10.1 Å². The van der Waals surface area contributed by atoms with Gasteiger partial charge in [-0.2, -0.15) is 5.26 Å². The summed E-state index contributed by atoms with van der Waals surface area (Å²) in [5.74, 6) is 1.13. The molecule has 1 aliphatic rings. The second kappa shape index (κ2) is 8.07. The van der Waals surface area contributed by atoms with E-state index in [1.807, 2.05) is 24.3 Å². The van der Waals surface area contributed by atoms with Crippen LogP contribution in [-0.4, -0.2) is 30.1 Å². The van der Waals surface area contributed by atoms with Gasteiger partial charge in [-0.1, -0.05) is 6.07 Å². The first-order valence-corrected chi connectivity index (χ1v) is 9.19. The molecule has 6 heteroatoms. The number of amides is 1. The summed E-state index contributed by atoms with van der Waals surface area (Å²) < 4.78 is 11.2. The molecule has 1 atom stereocenters. The van der Waals surface area contributed by atoms with Crippen LogP contribution in [0.3, 0.4) is 0 Å². The Labute approximate surface area is 162 Å². The molecule has 2 heterocycles. The molecule has 1 fully saturated rings. The zero-order valence-electron chi connectivity index (χ0n) is 15.2. The molecule has 0 bridgehead atoms. The molecular weight excluding hydrogens is 354 g/mol. The van der Waals surface area contributed by atoms with Crippen LogP contribution in [0.5, 0.6) is 11.5 Å². The number of nitriles is 1. The lowest BCUT2D eigenvalue weighted by atomic mass is 10.1. The molecule has 140 valence electrons. The second-order valence-corrected chi connectivity index (χ2v) is 6.68. The number of nitrogens with zero attached hydrogens (tertiary/aromatic N) is 2. The predicted octanol–water partition coefficient (Wildman–Crippen LogP) is 3.81. The van der Waals surface area contributed by atoms with Crippen molar-refractivity contribution in [3.8, 4) is 17.6 Å². The van der Waals surface area contributed by atoms with Gasteiger partial charge < -0.3 is 14.8 Å². The molecule has 0 saturated carbocycles. The van der Waals surface area contributed by atoms with Crippen molar-refractivity contribution < 1.29 is 14.3 Å². The van der Waals surface area contributed by atoms with Gasteiger partial charge in [0, 0.05) is 12.0 Å². The SMILES string of the molecule is N#Cc1ccc(Oc2ccc3nc(C(=O)NC4CCCOC4)ccc3c2)cc1. The van der Waals surface area contributed by atoms with E-state index >= 15 is 0 Å². The van der Waals surface area contributed by atoms with Gasteiger partial charge in [-0.3, -0.25) is 4.79 Å². The van der Waals surface area contributed by atoms with E-state index in [9.17, 15) is 4.79 Å². The third-order valence-electron chi connectivity index (χ3n) is 4.61. The van der Waals surface area contributed by atoms with Crippen LogP contribution in [-0.2, 0) is 4.74 Å². The smallest absolute Gasteiger partial charge is 0.270 e. The number of hydrogen-bond acceptors (Lipinski definition) is 5. The molecule has 1 N–H and O–H groups in total. The monoisotopic (exact) mass is 373 g/mol. The minimum absolute atomic E-state index is 0.0435. The number of fused-ring (bicyclic) bond motifs is 1. The van der Waals surface area contributed by atoms with Crippen LogP contribution in [0.2, 0.25) is 0 Å². The molecule has 6 nitrogen and oxygen atoms in total. The van der Waals surface area contributed by atoms with E-state index in [2.05, 4.69) is 16.4 Å². The van der Waals surface area contributed by atoms with Gasteiger partial charge in [0.2, 0.25) is 0 Å². The Morgan fingerprint density at radius 3 is 2.71 bits per heavy atom. The molecular formula is C22H19N3O3. The van der Waals surface area contributed by atoms with Gasteiger partial charge in [0.05, 0.1) is 29.8 Å². The van der Waals surface area contributed by atoms with Gasteiger partial charge in [0.1, 0.15) is 17.2 Å². The van der Waals surface area contributed by atoms with Crippen LogP contribution in [0.1, 0.15) is 28.9 Å². The summed E-state index contributed by atoms with van der Waals surface area (Å²) in [5.41, 5.74) is 1.69. The molecule has 1 aliphatic heterocycles. The van der Waals surface area contributed by atoms with Crippen molar-refractivity contribution in [1.82, 2.24) is 10.3 Å². The Kier molecular flexibility index (Phi) is 5.18. The molecule has 3 aromatic rings. The highest BCUT2D eigenvalue weighted by Crippen LogP contribution is 2.25. The van der Waals surface area contributed by atoms with Gasteiger partial charge in [-0.25, -0.2) is 4.98 Å². The minimum atomic E-state index is -0.185. The fourth-order valence-electron chi connectivity index (χ4n) is 3.14. The van der Waals surface area contributed by atoms with E-state index in [4.69, 9.17) is 14.7 Å². The number of carbonyl (C=O) groups excluding carboxylic acids is 1. The maximum atomic E-state index is 12.4. The van der Waals surface area contributed by atoms with Gasteiger partial charge in [0.15, 0.2) is 0 Å². The van der Waals surface area contributed by atoms with Gasteiger partial charge in [-0.15, -0.1) is 0 Å². The highest BCUT2D eigenvalue weighted by molar-refractivity contribution is 5.95. The summed E-state index contributed by atoms with van der Waals surface area (Å²) in [7, 11) is 0. The van der Waals surface area contributed by atoms with Crippen LogP contribution in [0.25, 0.3) is 10.9 Å². The Hall–Kier alpha value is -3.43. The number of ether oxygens (including phenoxy) is 2. The first-order valence-electron chi connectivity index (χ1n) is 9.19. The molecule has 1 saturated heterocycles. The highest BCUT2D eigenvalue weighted by atomic mass is 16.5. The number of carbonyl (C=O) groups is 1. The summed E-state index contributed by atoms with van der Waals surface area (Å²) in [4.78, 5) is 16.9. The van der Waals surface area contributed by atoms with Crippen molar-refractivity contribution in [2.24, 2.45) is 0 Å². The molecule has 4 rings (SSSR count). The third kappa shape index (κ3) is 4.11. The highest BCUT2D eigenvalue weighted by Gasteiger charge is 2.18. The fourth-order valence-corrected chi connectivity index (χ4v) is 3.14. The van der Waals surface area contributed by atoms with E-state index in [-0.39, 0.29) is 11.9 Å². The molecule has 1 unspecified atom stereocenters. The van der Waals surface area contributed by atoms with Crippen molar-refractivity contribution in [3.05, 3.63) is 65.9 Å². The lowest BCUT2D eigenvalue weighted by molar-refractivity contribution is 0.0622. The van der Waals surface area contributed by atoms with Crippen LogP contribution in [0, 0.1) is 11.3 Å². The molecule has 1 amide bonds. The van der Waals surface area contributed by atoms with Crippen molar-refractivity contribution in [2.75, 3.05) is 13.2 Å².